The summed E-state index contributed by atoms with van der Waals surface area (Å²) in [7, 11) is 0. The average Bonchev–Trinajstić information content (AvgIpc) is 2.99. The number of thioether (sulfide) groups is 1. The summed E-state index contributed by atoms with van der Waals surface area (Å²) in [5.41, 5.74) is 2.78. The molecule has 25 heavy (non-hydrogen) atoms. The first-order valence-corrected chi connectivity index (χ1v) is 9.60. The molecule has 1 amide bonds. The van der Waals surface area contributed by atoms with Crippen molar-refractivity contribution in [1.29, 1.82) is 0 Å². The first-order valence-electron chi connectivity index (χ1n) is 7.76. The van der Waals surface area contributed by atoms with Gasteiger partial charge in [-0.05, 0) is 42.8 Å². The Hall–Kier alpha value is -2.05. The van der Waals surface area contributed by atoms with Gasteiger partial charge in [0.2, 0.25) is 5.91 Å². The molecule has 1 unspecified atom stereocenters. The maximum atomic E-state index is 12.9. The lowest BCUT2D eigenvalue weighted by atomic mass is 10.1. The predicted octanol–water partition coefficient (Wildman–Crippen LogP) is 4.64. The molecule has 0 aliphatic carbocycles. The van der Waals surface area contributed by atoms with Crippen molar-refractivity contribution in [3.8, 4) is 0 Å². The summed E-state index contributed by atoms with van der Waals surface area (Å²) in [6.07, 6.45) is 1.49. The standard InChI is InChI=1S/C19H14BrNO3S/c1-11-8-12(6-7-15(11)20)21-17(22)10-25-19(21)14-9-24-16-5-3-2-4-13(16)18(14)23/h2-9,19H,10H2,1H3. The number of aryl methyl sites for hydroxylation is 1. The van der Waals surface area contributed by atoms with Gasteiger partial charge in [0.1, 0.15) is 17.2 Å². The lowest BCUT2D eigenvalue weighted by Crippen LogP contribution is -2.30. The normalized spacial score (nSPS) is 17.4. The second-order valence-corrected chi connectivity index (χ2v) is 7.80. The van der Waals surface area contributed by atoms with Gasteiger partial charge in [0.05, 0.1) is 16.7 Å². The summed E-state index contributed by atoms with van der Waals surface area (Å²) >= 11 is 4.92. The number of amides is 1. The molecule has 0 radical (unpaired) electrons. The van der Waals surface area contributed by atoms with E-state index in [2.05, 4.69) is 15.9 Å². The monoisotopic (exact) mass is 415 g/mol. The van der Waals surface area contributed by atoms with E-state index in [1.54, 1.807) is 17.0 Å². The fourth-order valence-corrected chi connectivity index (χ4v) is 4.39. The molecule has 126 valence electrons. The van der Waals surface area contributed by atoms with Crippen molar-refractivity contribution in [3.05, 3.63) is 74.6 Å². The molecular formula is C19H14BrNO3S. The smallest absolute Gasteiger partial charge is 0.238 e. The van der Waals surface area contributed by atoms with Crippen LogP contribution in [0.15, 0.2) is 62.4 Å². The third-order valence-electron chi connectivity index (χ3n) is 4.26. The number of hydrogen-bond donors (Lipinski definition) is 0. The van der Waals surface area contributed by atoms with Gasteiger partial charge in [0.25, 0.3) is 0 Å². The van der Waals surface area contributed by atoms with Crippen LogP contribution in [0.5, 0.6) is 0 Å². The van der Waals surface area contributed by atoms with E-state index in [4.69, 9.17) is 4.42 Å². The molecule has 2 heterocycles. The number of benzene rings is 2. The maximum Gasteiger partial charge on any atom is 0.238 e. The quantitative estimate of drug-likeness (QED) is 0.611. The number of fused-ring (bicyclic) bond motifs is 1. The molecule has 3 aromatic rings. The number of rotatable bonds is 2. The Balaban J connectivity index is 1.84. The van der Waals surface area contributed by atoms with E-state index >= 15 is 0 Å². The second-order valence-electron chi connectivity index (χ2n) is 5.88. The molecule has 1 aromatic heterocycles. The molecule has 2 aromatic carbocycles. The second kappa shape index (κ2) is 6.35. The fraction of sp³-hybridized carbons (Fsp3) is 0.158. The first-order chi connectivity index (χ1) is 12.1. The van der Waals surface area contributed by atoms with Crippen molar-refractivity contribution in [2.45, 2.75) is 12.3 Å². The molecule has 0 spiro atoms. The SMILES string of the molecule is Cc1cc(N2C(=O)CSC2c2coc3ccccc3c2=O)ccc1Br. The number of nitrogens with zero attached hydrogens (tertiary/aromatic N) is 1. The van der Waals surface area contributed by atoms with E-state index < -0.39 is 0 Å². The summed E-state index contributed by atoms with van der Waals surface area (Å²) in [6.45, 7) is 1.97. The van der Waals surface area contributed by atoms with E-state index in [1.165, 1.54) is 18.0 Å². The number of carbonyl (C=O) groups is 1. The van der Waals surface area contributed by atoms with Crippen LogP contribution in [0.2, 0.25) is 0 Å². The third-order valence-corrected chi connectivity index (χ3v) is 6.34. The van der Waals surface area contributed by atoms with Crippen molar-refractivity contribution in [1.82, 2.24) is 0 Å². The van der Waals surface area contributed by atoms with Crippen LogP contribution in [-0.4, -0.2) is 11.7 Å². The summed E-state index contributed by atoms with van der Waals surface area (Å²) in [6, 6.07) is 12.9. The van der Waals surface area contributed by atoms with Crippen LogP contribution in [0, 0.1) is 6.92 Å². The van der Waals surface area contributed by atoms with E-state index in [1.807, 2.05) is 37.3 Å². The molecule has 0 N–H and O–H groups in total. The maximum absolute atomic E-state index is 12.9. The number of halogens is 1. The highest BCUT2D eigenvalue weighted by Crippen LogP contribution is 2.41. The van der Waals surface area contributed by atoms with E-state index in [0.29, 0.717) is 22.3 Å². The van der Waals surface area contributed by atoms with Crippen LogP contribution in [-0.2, 0) is 4.79 Å². The highest BCUT2D eigenvalue weighted by molar-refractivity contribution is 9.10. The molecule has 0 bridgehead atoms. The van der Waals surface area contributed by atoms with Gasteiger partial charge < -0.3 is 4.42 Å². The average molecular weight is 416 g/mol. The molecule has 1 saturated heterocycles. The molecule has 4 nitrogen and oxygen atoms in total. The predicted molar refractivity (Wildman–Crippen MR) is 104 cm³/mol. The Morgan fingerprint density at radius 1 is 1.20 bits per heavy atom. The zero-order chi connectivity index (χ0) is 17.6. The highest BCUT2D eigenvalue weighted by Gasteiger charge is 2.36. The Morgan fingerprint density at radius 2 is 2.00 bits per heavy atom. The Morgan fingerprint density at radius 3 is 2.80 bits per heavy atom. The van der Waals surface area contributed by atoms with Gasteiger partial charge in [-0.3, -0.25) is 14.5 Å². The number of hydrogen-bond acceptors (Lipinski definition) is 4. The summed E-state index contributed by atoms with van der Waals surface area (Å²) in [5.74, 6) is 0.329. The summed E-state index contributed by atoms with van der Waals surface area (Å²) in [4.78, 5) is 27.1. The number of para-hydroxylation sites is 1. The lowest BCUT2D eigenvalue weighted by molar-refractivity contribution is -0.115. The van der Waals surface area contributed by atoms with E-state index in [0.717, 1.165) is 15.7 Å². The van der Waals surface area contributed by atoms with Crippen molar-refractivity contribution >= 4 is 50.3 Å². The van der Waals surface area contributed by atoms with E-state index in [-0.39, 0.29) is 16.7 Å². The largest absolute Gasteiger partial charge is 0.464 e. The molecule has 1 fully saturated rings. The lowest BCUT2D eigenvalue weighted by Gasteiger charge is -2.24. The zero-order valence-corrected chi connectivity index (χ0v) is 15.8. The molecule has 1 aliphatic heterocycles. The molecule has 1 atom stereocenters. The van der Waals surface area contributed by atoms with Crippen LogP contribution in [0.25, 0.3) is 11.0 Å². The minimum absolute atomic E-state index is 0.00992. The van der Waals surface area contributed by atoms with Gasteiger partial charge in [-0.2, -0.15) is 0 Å². The van der Waals surface area contributed by atoms with Crippen molar-refractivity contribution in [3.63, 3.8) is 0 Å². The van der Waals surface area contributed by atoms with Crippen LogP contribution in [0.3, 0.4) is 0 Å². The van der Waals surface area contributed by atoms with Crippen LogP contribution in [0.1, 0.15) is 16.5 Å². The van der Waals surface area contributed by atoms with Crippen LogP contribution >= 0.6 is 27.7 Å². The highest BCUT2D eigenvalue weighted by atomic mass is 79.9. The Labute approximate surface area is 157 Å². The minimum atomic E-state index is -0.381. The van der Waals surface area contributed by atoms with Crippen molar-refractivity contribution < 1.29 is 9.21 Å². The Kier molecular flexibility index (Phi) is 4.17. The first kappa shape index (κ1) is 16.4. The minimum Gasteiger partial charge on any atom is -0.464 e. The van der Waals surface area contributed by atoms with Gasteiger partial charge in [-0.25, -0.2) is 0 Å². The fourth-order valence-electron chi connectivity index (χ4n) is 2.98. The number of anilines is 1. The molecule has 4 rings (SSSR count). The molecule has 1 aliphatic rings. The van der Waals surface area contributed by atoms with Crippen molar-refractivity contribution in [2.24, 2.45) is 0 Å². The third kappa shape index (κ3) is 2.79. The van der Waals surface area contributed by atoms with Crippen LogP contribution < -0.4 is 10.3 Å². The molecular weight excluding hydrogens is 402 g/mol. The van der Waals surface area contributed by atoms with Crippen molar-refractivity contribution in [2.75, 3.05) is 10.7 Å². The molecule has 0 saturated carbocycles. The summed E-state index contributed by atoms with van der Waals surface area (Å²) < 4.78 is 6.62. The Bertz CT molecular complexity index is 1050. The van der Waals surface area contributed by atoms with Crippen LogP contribution in [0.4, 0.5) is 5.69 Å². The van der Waals surface area contributed by atoms with Gasteiger partial charge in [-0.1, -0.05) is 28.1 Å². The van der Waals surface area contributed by atoms with Gasteiger partial charge >= 0.3 is 0 Å². The topological polar surface area (TPSA) is 50.5 Å². The van der Waals surface area contributed by atoms with Gasteiger partial charge in [0.15, 0.2) is 5.43 Å². The van der Waals surface area contributed by atoms with Gasteiger partial charge in [0, 0.05) is 10.2 Å². The molecule has 6 heteroatoms. The van der Waals surface area contributed by atoms with E-state index in [9.17, 15) is 9.59 Å². The zero-order valence-electron chi connectivity index (χ0n) is 13.4. The number of carbonyl (C=O) groups excluding carboxylic acids is 1. The summed E-state index contributed by atoms with van der Waals surface area (Å²) in [5, 5.41) is 0.154. The van der Waals surface area contributed by atoms with Gasteiger partial charge in [-0.15, -0.1) is 11.8 Å².